The van der Waals surface area contributed by atoms with Crippen LogP contribution in [0.2, 0.25) is 0 Å². The largest absolute Gasteiger partial charge is 0.452 e. The smallest absolute Gasteiger partial charge is 0.331 e. The fraction of sp³-hybridized carbons (Fsp3) is 0.316. The van der Waals surface area contributed by atoms with Gasteiger partial charge in [0.1, 0.15) is 16.8 Å². The van der Waals surface area contributed by atoms with Gasteiger partial charge in [-0.1, -0.05) is 6.42 Å². The Labute approximate surface area is 174 Å². The minimum Gasteiger partial charge on any atom is -0.452 e. The molecule has 1 N–H and O–H groups in total. The van der Waals surface area contributed by atoms with Crippen LogP contribution in [0.15, 0.2) is 22.6 Å². The molecule has 1 amide bonds. The van der Waals surface area contributed by atoms with Crippen molar-refractivity contribution in [1.82, 2.24) is 0 Å². The number of amides is 1. The third kappa shape index (κ3) is 5.20. The molecule has 0 fully saturated rings. The Morgan fingerprint density at radius 1 is 1.33 bits per heavy atom. The van der Waals surface area contributed by atoms with Crippen molar-refractivity contribution in [1.29, 1.82) is 5.26 Å². The average Bonchev–Trinajstić information content (AvgIpc) is 3.13. The van der Waals surface area contributed by atoms with Gasteiger partial charge in [0.15, 0.2) is 10.4 Å². The topological polar surface area (TPSA) is 92.3 Å². The number of hydrogen-bond donors (Lipinski definition) is 1. The van der Waals surface area contributed by atoms with Gasteiger partial charge in [0.05, 0.1) is 5.56 Å². The quantitative estimate of drug-likeness (QED) is 0.289. The number of fused-ring (bicyclic) bond motifs is 1. The molecule has 0 aromatic carbocycles. The Hall–Kier alpha value is -2.12. The van der Waals surface area contributed by atoms with E-state index < -0.39 is 18.5 Å². The van der Waals surface area contributed by atoms with E-state index in [-0.39, 0.29) is 0 Å². The second kappa shape index (κ2) is 9.19. The summed E-state index contributed by atoms with van der Waals surface area (Å²) in [7, 11) is 0. The predicted octanol–water partition coefficient (Wildman–Crippen LogP) is 4.28. The fourth-order valence-electron chi connectivity index (χ4n) is 2.86. The fourth-order valence-corrected chi connectivity index (χ4v) is 4.55. The molecule has 6 nitrogen and oxygen atoms in total. The van der Waals surface area contributed by atoms with Crippen molar-refractivity contribution in [2.75, 3.05) is 11.9 Å². The van der Waals surface area contributed by atoms with Gasteiger partial charge in [0, 0.05) is 11.0 Å². The number of thiophene rings is 1. The van der Waals surface area contributed by atoms with Crippen LogP contribution in [0.25, 0.3) is 6.08 Å². The Balaban J connectivity index is 1.56. The zero-order chi connectivity index (χ0) is 19.2. The number of esters is 1. The highest BCUT2D eigenvalue weighted by Crippen LogP contribution is 2.36. The van der Waals surface area contributed by atoms with Gasteiger partial charge in [0.25, 0.3) is 5.91 Å². The lowest BCUT2D eigenvalue weighted by Crippen LogP contribution is -2.20. The molecule has 2 heterocycles. The van der Waals surface area contributed by atoms with Crippen molar-refractivity contribution in [3.8, 4) is 6.07 Å². The van der Waals surface area contributed by atoms with E-state index in [9.17, 15) is 14.9 Å². The van der Waals surface area contributed by atoms with E-state index in [4.69, 9.17) is 9.15 Å². The number of carbonyl (C=O) groups is 2. The van der Waals surface area contributed by atoms with Crippen molar-refractivity contribution in [2.45, 2.75) is 32.1 Å². The first-order valence-electron chi connectivity index (χ1n) is 8.51. The molecular weight excluding hydrogens is 479 g/mol. The summed E-state index contributed by atoms with van der Waals surface area (Å²) in [5.74, 6) is -0.573. The molecular formula is C19H17IN2O4S. The number of halogens is 1. The minimum absolute atomic E-state index is 0.410. The van der Waals surface area contributed by atoms with Gasteiger partial charge in [0.2, 0.25) is 0 Å². The number of rotatable bonds is 5. The highest BCUT2D eigenvalue weighted by Gasteiger charge is 2.21. The van der Waals surface area contributed by atoms with Crippen LogP contribution in [-0.4, -0.2) is 18.5 Å². The zero-order valence-corrected chi connectivity index (χ0v) is 17.4. The second-order valence-corrected chi connectivity index (χ2v) is 8.18. The summed E-state index contributed by atoms with van der Waals surface area (Å²) in [6.45, 7) is -0.410. The van der Waals surface area contributed by atoms with Crippen molar-refractivity contribution >= 4 is 56.9 Å². The second-order valence-electron chi connectivity index (χ2n) is 6.01. The number of aryl methyl sites for hydroxylation is 1. The number of ether oxygens (including phenoxy) is 1. The van der Waals surface area contributed by atoms with E-state index in [0.717, 1.165) is 37.7 Å². The summed E-state index contributed by atoms with van der Waals surface area (Å²) in [5.41, 5.74) is 1.60. The highest BCUT2D eigenvalue weighted by atomic mass is 127. The first-order chi connectivity index (χ1) is 13.1. The molecule has 2 aromatic heterocycles. The maximum atomic E-state index is 12.1. The summed E-state index contributed by atoms with van der Waals surface area (Å²) >= 11 is 3.47. The minimum atomic E-state index is -0.640. The number of furan rings is 1. The van der Waals surface area contributed by atoms with E-state index >= 15 is 0 Å². The lowest BCUT2D eigenvalue weighted by molar-refractivity contribution is -0.142. The molecule has 2 aromatic rings. The average molecular weight is 496 g/mol. The van der Waals surface area contributed by atoms with Crippen LogP contribution in [0, 0.1) is 15.1 Å². The zero-order valence-electron chi connectivity index (χ0n) is 14.4. The molecule has 0 aliphatic heterocycles. The summed E-state index contributed by atoms with van der Waals surface area (Å²) in [5, 5.41) is 12.7. The van der Waals surface area contributed by atoms with Crippen LogP contribution < -0.4 is 5.32 Å². The van der Waals surface area contributed by atoms with Gasteiger partial charge in [-0.15, -0.1) is 11.3 Å². The van der Waals surface area contributed by atoms with E-state index in [2.05, 4.69) is 11.4 Å². The molecule has 27 heavy (non-hydrogen) atoms. The highest BCUT2D eigenvalue weighted by molar-refractivity contribution is 14.1. The van der Waals surface area contributed by atoms with Crippen LogP contribution in [0.5, 0.6) is 0 Å². The van der Waals surface area contributed by atoms with Gasteiger partial charge in [-0.3, -0.25) is 4.79 Å². The Kier molecular flexibility index (Phi) is 6.68. The molecule has 0 spiro atoms. The molecule has 0 saturated heterocycles. The van der Waals surface area contributed by atoms with Crippen LogP contribution >= 0.6 is 33.9 Å². The molecule has 0 bridgehead atoms. The summed E-state index contributed by atoms with van der Waals surface area (Å²) in [6, 6.07) is 5.70. The van der Waals surface area contributed by atoms with Crippen LogP contribution in [-0.2, 0) is 27.2 Å². The number of nitriles is 1. The lowest BCUT2D eigenvalue weighted by atomic mass is 10.1. The number of nitrogens with one attached hydrogen (secondary N) is 1. The van der Waals surface area contributed by atoms with E-state index in [1.54, 1.807) is 12.1 Å². The molecule has 0 unspecified atom stereocenters. The van der Waals surface area contributed by atoms with Crippen molar-refractivity contribution < 1.29 is 18.7 Å². The molecule has 1 aliphatic rings. The standard InChI is InChI=1S/C19H17IN2O4S/c20-16-8-6-12(26-16)7-9-18(24)25-11-17(23)22-19-14(10-21)13-4-2-1-3-5-15(13)27-19/h6-9H,1-5,11H2,(H,22,23)/b9-7+. The molecule has 3 rings (SSSR count). The molecule has 1 aliphatic carbocycles. The summed E-state index contributed by atoms with van der Waals surface area (Å²) < 4.78 is 10.9. The number of hydrogen-bond acceptors (Lipinski definition) is 6. The third-order valence-corrected chi connectivity index (χ3v) is 5.90. The van der Waals surface area contributed by atoms with Crippen molar-refractivity contribution in [2.24, 2.45) is 0 Å². The molecule has 0 radical (unpaired) electrons. The predicted molar refractivity (Wildman–Crippen MR) is 110 cm³/mol. The lowest BCUT2D eigenvalue weighted by Gasteiger charge is -2.04. The third-order valence-electron chi connectivity index (χ3n) is 4.11. The van der Waals surface area contributed by atoms with Gasteiger partial charge >= 0.3 is 5.97 Å². The van der Waals surface area contributed by atoms with Gasteiger partial charge < -0.3 is 14.5 Å². The summed E-state index contributed by atoms with van der Waals surface area (Å²) in [4.78, 5) is 25.0. The first-order valence-corrected chi connectivity index (χ1v) is 10.4. The Bertz CT molecular complexity index is 923. The molecule has 140 valence electrons. The number of nitrogens with zero attached hydrogens (tertiary/aromatic N) is 1. The monoisotopic (exact) mass is 496 g/mol. The number of anilines is 1. The van der Waals surface area contributed by atoms with Gasteiger partial charge in [-0.25, -0.2) is 4.79 Å². The maximum Gasteiger partial charge on any atom is 0.331 e. The van der Waals surface area contributed by atoms with Crippen LogP contribution in [0.4, 0.5) is 5.00 Å². The van der Waals surface area contributed by atoms with Gasteiger partial charge in [-0.2, -0.15) is 5.26 Å². The van der Waals surface area contributed by atoms with E-state index in [0.29, 0.717) is 20.1 Å². The van der Waals surface area contributed by atoms with Gasteiger partial charge in [-0.05, 0) is 72.0 Å². The number of carbonyl (C=O) groups excluding carboxylic acids is 2. The Morgan fingerprint density at radius 2 is 2.15 bits per heavy atom. The van der Waals surface area contributed by atoms with Crippen LogP contribution in [0.3, 0.4) is 0 Å². The molecule has 0 atom stereocenters. The Morgan fingerprint density at radius 3 is 2.89 bits per heavy atom. The molecule has 8 heteroatoms. The maximum absolute atomic E-state index is 12.1. The van der Waals surface area contributed by atoms with Crippen molar-refractivity contribution in [3.05, 3.63) is 43.7 Å². The van der Waals surface area contributed by atoms with E-state index in [1.165, 1.54) is 28.4 Å². The van der Waals surface area contributed by atoms with E-state index in [1.807, 2.05) is 22.6 Å². The SMILES string of the molecule is N#Cc1c(NC(=O)COC(=O)/C=C/c2ccc(I)o2)sc2c1CCCCC2. The first kappa shape index (κ1) is 19.6. The van der Waals surface area contributed by atoms with Crippen molar-refractivity contribution in [3.63, 3.8) is 0 Å². The van der Waals surface area contributed by atoms with Crippen LogP contribution in [0.1, 0.15) is 41.0 Å². The molecule has 0 saturated carbocycles. The normalized spacial score (nSPS) is 13.6. The summed E-state index contributed by atoms with van der Waals surface area (Å²) in [6.07, 6.45) is 7.82.